The fourth-order valence-electron chi connectivity index (χ4n) is 8.10. The van der Waals surface area contributed by atoms with Crippen molar-refractivity contribution in [3.8, 4) is 17.2 Å². The van der Waals surface area contributed by atoms with E-state index in [2.05, 4.69) is 45.9 Å². The molecule has 2 atom stereocenters. The van der Waals surface area contributed by atoms with Crippen LogP contribution >= 0.6 is 0 Å². The first-order chi connectivity index (χ1) is 28.7. The van der Waals surface area contributed by atoms with E-state index in [0.29, 0.717) is 63.4 Å². The largest absolute Gasteiger partial charge is 0.497 e. The standard InChI is InChI=1S/C49H72N4O7/c1-10-30-53(45(54)42(34-36(3)4)50-47(56)60-48(5,6)7)49(28-32-52(33-29-49)31-18-13-12-15-19-37-20-16-14-17-21-37)46(55)51-44(38-22-24-39(25-23-38)59-11-2)41-27-26-40(57-8)35-43(41)58-9/h14,16-17,20-27,35-36,42,44H,10-13,15,18-19,28-34H2,1-9H3,(H,50,56)(H,51,55)/t42-,44?/m0/s1. The van der Waals surface area contributed by atoms with Crippen LogP contribution in [0.1, 0.15) is 123 Å². The van der Waals surface area contributed by atoms with Crippen molar-refractivity contribution in [3.05, 3.63) is 89.5 Å². The van der Waals surface area contributed by atoms with E-state index in [4.69, 9.17) is 18.9 Å². The van der Waals surface area contributed by atoms with E-state index in [1.54, 1.807) is 39.9 Å². The first kappa shape index (κ1) is 47.9. The Hall–Kier alpha value is -4.77. The fraction of sp³-hybridized carbons (Fsp3) is 0.571. The van der Waals surface area contributed by atoms with Gasteiger partial charge in [0.2, 0.25) is 11.8 Å². The number of hydrogen-bond donors (Lipinski definition) is 2. The van der Waals surface area contributed by atoms with Gasteiger partial charge in [-0.3, -0.25) is 9.59 Å². The molecule has 3 aromatic carbocycles. The average Bonchev–Trinajstić information content (AvgIpc) is 3.22. The number of aryl methyl sites for hydroxylation is 1. The van der Waals surface area contributed by atoms with Crippen LogP contribution in [0.2, 0.25) is 0 Å². The molecule has 0 aliphatic carbocycles. The molecule has 1 fully saturated rings. The summed E-state index contributed by atoms with van der Waals surface area (Å²) in [5, 5.41) is 6.34. The normalized spacial score (nSPS) is 15.1. The van der Waals surface area contributed by atoms with E-state index < -0.39 is 29.3 Å². The summed E-state index contributed by atoms with van der Waals surface area (Å²) in [6, 6.07) is 22.4. The van der Waals surface area contributed by atoms with Crippen molar-refractivity contribution in [2.75, 3.05) is 47.0 Å². The van der Waals surface area contributed by atoms with Gasteiger partial charge in [0, 0.05) is 31.3 Å². The van der Waals surface area contributed by atoms with Gasteiger partial charge >= 0.3 is 6.09 Å². The molecule has 1 aliphatic heterocycles. The molecule has 3 aromatic rings. The molecule has 1 unspecified atom stereocenters. The lowest BCUT2D eigenvalue weighted by molar-refractivity contribution is -0.153. The van der Waals surface area contributed by atoms with E-state index in [-0.39, 0.29) is 17.7 Å². The molecule has 1 heterocycles. The first-order valence-corrected chi connectivity index (χ1v) is 22.1. The molecule has 1 saturated heterocycles. The third-order valence-corrected chi connectivity index (χ3v) is 11.1. The number of rotatable bonds is 22. The quantitative estimate of drug-likeness (QED) is 0.0964. The van der Waals surface area contributed by atoms with Gasteiger partial charge in [0.05, 0.1) is 26.9 Å². The summed E-state index contributed by atoms with van der Waals surface area (Å²) in [4.78, 5) is 47.9. The first-order valence-electron chi connectivity index (χ1n) is 22.1. The van der Waals surface area contributed by atoms with Gasteiger partial charge in [-0.05, 0) is 120 Å². The number of ether oxygens (including phenoxy) is 4. The Morgan fingerprint density at radius 2 is 1.50 bits per heavy atom. The molecule has 0 aromatic heterocycles. The monoisotopic (exact) mass is 829 g/mol. The number of methoxy groups -OCH3 is 2. The summed E-state index contributed by atoms with van der Waals surface area (Å²) in [6.07, 6.45) is 6.86. The van der Waals surface area contributed by atoms with Crippen molar-refractivity contribution >= 4 is 17.9 Å². The van der Waals surface area contributed by atoms with Crippen LogP contribution in [0.25, 0.3) is 0 Å². The van der Waals surface area contributed by atoms with E-state index in [1.807, 2.05) is 70.2 Å². The molecule has 0 bridgehead atoms. The van der Waals surface area contributed by atoms with Crippen LogP contribution in [0.15, 0.2) is 72.8 Å². The molecule has 330 valence electrons. The highest BCUT2D eigenvalue weighted by molar-refractivity contribution is 5.95. The van der Waals surface area contributed by atoms with Crippen LogP contribution in [-0.4, -0.2) is 91.9 Å². The summed E-state index contributed by atoms with van der Waals surface area (Å²) >= 11 is 0. The van der Waals surface area contributed by atoms with Crippen LogP contribution in [0.5, 0.6) is 17.2 Å². The molecule has 1 aliphatic rings. The minimum Gasteiger partial charge on any atom is -0.497 e. The molecule has 0 radical (unpaired) electrons. The molecular weight excluding hydrogens is 757 g/mol. The lowest BCUT2D eigenvalue weighted by Gasteiger charge is -2.49. The molecule has 11 nitrogen and oxygen atoms in total. The lowest BCUT2D eigenvalue weighted by Crippen LogP contribution is -2.67. The SMILES string of the molecule is CCCN(C(=O)[C@H](CC(C)C)NC(=O)OC(C)(C)C)C1(C(=O)NC(c2ccc(OCC)cc2)c2ccc(OC)cc2OC)CCN(CCCCCCc2ccccc2)CC1. The summed E-state index contributed by atoms with van der Waals surface area (Å²) in [5.74, 6) is 1.46. The van der Waals surface area contributed by atoms with Crippen LogP contribution in [0.3, 0.4) is 0 Å². The Morgan fingerprint density at radius 1 is 0.833 bits per heavy atom. The molecule has 2 N–H and O–H groups in total. The predicted molar refractivity (Wildman–Crippen MR) is 239 cm³/mol. The van der Waals surface area contributed by atoms with Crippen molar-refractivity contribution in [2.45, 2.75) is 129 Å². The third-order valence-electron chi connectivity index (χ3n) is 11.1. The number of nitrogens with zero attached hydrogens (tertiary/aromatic N) is 2. The summed E-state index contributed by atoms with van der Waals surface area (Å²) in [6.45, 7) is 16.5. The number of amides is 3. The van der Waals surface area contributed by atoms with Gasteiger partial charge in [-0.15, -0.1) is 0 Å². The maximum absolute atomic E-state index is 15.5. The Morgan fingerprint density at radius 3 is 2.10 bits per heavy atom. The number of benzene rings is 3. The van der Waals surface area contributed by atoms with E-state index in [9.17, 15) is 4.79 Å². The maximum atomic E-state index is 15.5. The number of unbranched alkanes of at least 4 members (excludes halogenated alkanes) is 3. The minimum absolute atomic E-state index is 0.0863. The lowest BCUT2D eigenvalue weighted by atomic mass is 9.82. The maximum Gasteiger partial charge on any atom is 0.408 e. The van der Waals surface area contributed by atoms with Crippen LogP contribution in [-0.2, 0) is 20.7 Å². The van der Waals surface area contributed by atoms with E-state index in [1.165, 1.54) is 5.56 Å². The summed E-state index contributed by atoms with van der Waals surface area (Å²) in [7, 11) is 3.20. The van der Waals surface area contributed by atoms with Gasteiger partial charge in [-0.25, -0.2) is 4.79 Å². The van der Waals surface area contributed by atoms with Gasteiger partial charge in [-0.2, -0.15) is 0 Å². The molecule has 3 amide bonds. The van der Waals surface area contributed by atoms with Gasteiger partial charge in [0.15, 0.2) is 0 Å². The number of carbonyl (C=O) groups is 3. The van der Waals surface area contributed by atoms with Crippen LogP contribution in [0.4, 0.5) is 4.79 Å². The number of hydrogen-bond acceptors (Lipinski definition) is 8. The van der Waals surface area contributed by atoms with Crippen LogP contribution in [0, 0.1) is 5.92 Å². The number of carbonyl (C=O) groups excluding carboxylic acids is 3. The van der Waals surface area contributed by atoms with Crippen molar-refractivity contribution in [3.63, 3.8) is 0 Å². The van der Waals surface area contributed by atoms with E-state index >= 15 is 9.59 Å². The summed E-state index contributed by atoms with van der Waals surface area (Å²) in [5.41, 5.74) is 1.00. The molecule has 11 heteroatoms. The van der Waals surface area contributed by atoms with Gasteiger partial charge in [0.1, 0.15) is 34.4 Å². The molecule has 4 rings (SSSR count). The van der Waals surface area contributed by atoms with Gasteiger partial charge in [-0.1, -0.05) is 76.1 Å². The smallest absolute Gasteiger partial charge is 0.408 e. The second-order valence-corrected chi connectivity index (χ2v) is 17.4. The third kappa shape index (κ3) is 13.9. The topological polar surface area (TPSA) is 119 Å². The highest BCUT2D eigenvalue weighted by atomic mass is 16.6. The molecule has 0 spiro atoms. The van der Waals surface area contributed by atoms with Gasteiger partial charge < -0.3 is 39.4 Å². The minimum atomic E-state index is -1.20. The second-order valence-electron chi connectivity index (χ2n) is 17.4. The Labute approximate surface area is 359 Å². The van der Waals surface area contributed by atoms with Crippen LogP contribution < -0.4 is 24.8 Å². The van der Waals surface area contributed by atoms with Crippen molar-refractivity contribution < 1.29 is 33.3 Å². The zero-order valence-corrected chi connectivity index (χ0v) is 37.8. The molecule has 0 saturated carbocycles. The van der Waals surface area contributed by atoms with Crippen molar-refractivity contribution in [2.24, 2.45) is 5.92 Å². The zero-order chi connectivity index (χ0) is 43.7. The predicted octanol–water partition coefficient (Wildman–Crippen LogP) is 9.12. The number of nitrogens with one attached hydrogen (secondary N) is 2. The Balaban J connectivity index is 1.68. The highest BCUT2D eigenvalue weighted by Crippen LogP contribution is 2.37. The fourth-order valence-corrected chi connectivity index (χ4v) is 8.10. The highest BCUT2D eigenvalue weighted by Gasteiger charge is 2.50. The number of alkyl carbamates (subject to hydrolysis) is 1. The number of piperidine rings is 1. The van der Waals surface area contributed by atoms with E-state index in [0.717, 1.165) is 55.5 Å². The molecular formula is C49H72N4O7. The van der Waals surface area contributed by atoms with Crippen molar-refractivity contribution in [1.82, 2.24) is 20.4 Å². The van der Waals surface area contributed by atoms with Gasteiger partial charge in [0.25, 0.3) is 0 Å². The van der Waals surface area contributed by atoms with Crippen molar-refractivity contribution in [1.29, 1.82) is 0 Å². The summed E-state index contributed by atoms with van der Waals surface area (Å²) < 4.78 is 22.8. The molecule has 60 heavy (non-hydrogen) atoms. The number of likely N-dealkylation sites (tertiary alicyclic amines) is 1. The zero-order valence-electron chi connectivity index (χ0n) is 37.8. The Kier molecular flexibility index (Phi) is 18.6. The Bertz CT molecular complexity index is 1770. The average molecular weight is 829 g/mol. The second kappa shape index (κ2) is 23.3.